The standard InChI is InChI=1S/C13H18O4/c1-9-5-7-13(15,8-6-9)11-4-3-10(17-11)12(14)16-2/h3-4,9,15H,5-8H2,1-2H3. The second-order valence-electron chi connectivity index (χ2n) is 4.87. The second-order valence-corrected chi connectivity index (χ2v) is 4.87. The normalized spacial score (nSPS) is 29.0. The zero-order chi connectivity index (χ0) is 12.5. The van der Waals surface area contributed by atoms with Gasteiger partial charge < -0.3 is 14.3 Å². The molecule has 0 unspecified atom stereocenters. The highest BCUT2D eigenvalue weighted by atomic mass is 16.5. The van der Waals surface area contributed by atoms with E-state index in [-0.39, 0.29) is 5.76 Å². The number of hydrogen-bond donors (Lipinski definition) is 1. The van der Waals surface area contributed by atoms with Crippen molar-refractivity contribution in [1.82, 2.24) is 0 Å². The molecule has 1 aromatic rings. The Hall–Kier alpha value is -1.29. The van der Waals surface area contributed by atoms with Gasteiger partial charge in [0, 0.05) is 0 Å². The summed E-state index contributed by atoms with van der Waals surface area (Å²) in [6.45, 7) is 2.18. The maximum absolute atomic E-state index is 11.3. The van der Waals surface area contributed by atoms with Crippen molar-refractivity contribution in [2.45, 2.75) is 38.2 Å². The number of rotatable bonds is 2. The van der Waals surface area contributed by atoms with Crippen molar-refractivity contribution >= 4 is 5.97 Å². The molecule has 1 heterocycles. The van der Waals surface area contributed by atoms with Gasteiger partial charge in [-0.05, 0) is 43.7 Å². The third kappa shape index (κ3) is 2.36. The molecule has 1 aromatic heterocycles. The van der Waals surface area contributed by atoms with Gasteiger partial charge in [0.15, 0.2) is 0 Å². The fourth-order valence-electron chi connectivity index (χ4n) is 2.28. The molecule has 0 atom stereocenters. The fourth-order valence-corrected chi connectivity index (χ4v) is 2.28. The molecule has 0 bridgehead atoms. The number of aliphatic hydroxyl groups is 1. The van der Waals surface area contributed by atoms with Gasteiger partial charge in [-0.15, -0.1) is 0 Å². The average Bonchev–Trinajstić information content (AvgIpc) is 2.82. The summed E-state index contributed by atoms with van der Waals surface area (Å²) < 4.78 is 9.96. The van der Waals surface area contributed by atoms with Crippen LogP contribution in [-0.2, 0) is 10.3 Å². The summed E-state index contributed by atoms with van der Waals surface area (Å²) in [5.74, 6) is 0.758. The van der Waals surface area contributed by atoms with Gasteiger partial charge in [-0.2, -0.15) is 0 Å². The SMILES string of the molecule is COC(=O)c1ccc(C2(O)CCC(C)CC2)o1. The molecule has 1 aliphatic rings. The molecule has 1 saturated carbocycles. The first-order valence-electron chi connectivity index (χ1n) is 5.96. The first-order chi connectivity index (χ1) is 8.05. The highest BCUT2D eigenvalue weighted by Gasteiger charge is 2.36. The van der Waals surface area contributed by atoms with Crippen molar-refractivity contribution in [3.8, 4) is 0 Å². The third-order valence-corrected chi connectivity index (χ3v) is 3.55. The first-order valence-corrected chi connectivity index (χ1v) is 5.96. The van der Waals surface area contributed by atoms with Crippen LogP contribution >= 0.6 is 0 Å². The van der Waals surface area contributed by atoms with Gasteiger partial charge in [-0.3, -0.25) is 0 Å². The van der Waals surface area contributed by atoms with Crippen molar-refractivity contribution in [3.05, 3.63) is 23.7 Å². The second kappa shape index (κ2) is 4.53. The lowest BCUT2D eigenvalue weighted by Gasteiger charge is -2.33. The van der Waals surface area contributed by atoms with Gasteiger partial charge in [-0.25, -0.2) is 4.79 Å². The molecule has 2 rings (SSSR count). The fraction of sp³-hybridized carbons (Fsp3) is 0.615. The van der Waals surface area contributed by atoms with Crippen LogP contribution in [0.15, 0.2) is 16.5 Å². The van der Waals surface area contributed by atoms with Gasteiger partial charge in [-0.1, -0.05) is 6.92 Å². The largest absolute Gasteiger partial charge is 0.463 e. The van der Waals surface area contributed by atoms with Crippen LogP contribution in [-0.4, -0.2) is 18.2 Å². The Bertz CT molecular complexity index is 399. The molecule has 1 fully saturated rings. The van der Waals surface area contributed by atoms with Gasteiger partial charge in [0.2, 0.25) is 5.76 Å². The van der Waals surface area contributed by atoms with E-state index in [2.05, 4.69) is 11.7 Å². The highest BCUT2D eigenvalue weighted by Crippen LogP contribution is 2.39. The topological polar surface area (TPSA) is 59.7 Å². The summed E-state index contributed by atoms with van der Waals surface area (Å²) in [7, 11) is 1.31. The summed E-state index contributed by atoms with van der Waals surface area (Å²) in [5, 5.41) is 10.5. The Morgan fingerprint density at radius 3 is 2.71 bits per heavy atom. The Kier molecular flexibility index (Phi) is 3.24. The number of ether oxygens (including phenoxy) is 1. The molecule has 0 aromatic carbocycles. The molecule has 1 aliphatic carbocycles. The first kappa shape index (κ1) is 12.2. The summed E-state index contributed by atoms with van der Waals surface area (Å²) in [5.41, 5.74) is -0.918. The van der Waals surface area contributed by atoms with E-state index in [4.69, 9.17) is 4.42 Å². The molecule has 94 valence electrons. The van der Waals surface area contributed by atoms with E-state index in [1.165, 1.54) is 7.11 Å². The smallest absolute Gasteiger partial charge is 0.373 e. The summed E-state index contributed by atoms with van der Waals surface area (Å²) in [6.07, 6.45) is 3.32. The number of carbonyl (C=O) groups is 1. The van der Waals surface area contributed by atoms with Crippen LogP contribution in [0, 0.1) is 5.92 Å². The molecule has 0 amide bonds. The van der Waals surface area contributed by atoms with Crippen LogP contribution < -0.4 is 0 Å². The van der Waals surface area contributed by atoms with E-state index >= 15 is 0 Å². The van der Waals surface area contributed by atoms with Crippen molar-refractivity contribution in [3.63, 3.8) is 0 Å². The molecule has 1 N–H and O–H groups in total. The Balaban J connectivity index is 2.16. The average molecular weight is 238 g/mol. The van der Waals surface area contributed by atoms with Crippen LogP contribution in [0.25, 0.3) is 0 Å². The maximum Gasteiger partial charge on any atom is 0.373 e. The molecule has 17 heavy (non-hydrogen) atoms. The lowest BCUT2D eigenvalue weighted by molar-refractivity contribution is -0.0309. The zero-order valence-corrected chi connectivity index (χ0v) is 10.2. The van der Waals surface area contributed by atoms with E-state index in [1.54, 1.807) is 12.1 Å². The monoisotopic (exact) mass is 238 g/mol. The van der Waals surface area contributed by atoms with Crippen molar-refractivity contribution < 1.29 is 19.1 Å². The minimum Gasteiger partial charge on any atom is -0.463 e. The minimum atomic E-state index is -0.918. The quantitative estimate of drug-likeness (QED) is 0.804. The minimum absolute atomic E-state index is 0.148. The van der Waals surface area contributed by atoms with Gasteiger partial charge in [0.1, 0.15) is 11.4 Å². The number of furan rings is 1. The molecule has 4 nitrogen and oxygen atoms in total. The van der Waals surface area contributed by atoms with Crippen LogP contribution in [0.1, 0.15) is 48.9 Å². The zero-order valence-electron chi connectivity index (χ0n) is 10.2. The maximum atomic E-state index is 11.3. The predicted octanol–water partition coefficient (Wildman–Crippen LogP) is 2.46. The lowest BCUT2D eigenvalue weighted by Crippen LogP contribution is -2.30. The molecule has 0 aliphatic heterocycles. The van der Waals surface area contributed by atoms with E-state index in [1.807, 2.05) is 0 Å². The van der Waals surface area contributed by atoms with Crippen LogP contribution in [0.3, 0.4) is 0 Å². The van der Waals surface area contributed by atoms with E-state index in [9.17, 15) is 9.90 Å². The van der Waals surface area contributed by atoms with Crippen LogP contribution in [0.5, 0.6) is 0 Å². The van der Waals surface area contributed by atoms with Gasteiger partial charge in [0.05, 0.1) is 7.11 Å². The Labute approximate surface area is 101 Å². The Morgan fingerprint density at radius 2 is 2.12 bits per heavy atom. The number of carbonyl (C=O) groups excluding carboxylic acids is 1. The molecule has 0 radical (unpaired) electrons. The molecule has 0 spiro atoms. The predicted molar refractivity (Wildman–Crippen MR) is 61.6 cm³/mol. The molecular weight excluding hydrogens is 220 g/mol. The summed E-state index contributed by atoms with van der Waals surface area (Å²) >= 11 is 0. The van der Waals surface area contributed by atoms with Gasteiger partial charge in [0.25, 0.3) is 0 Å². The number of hydrogen-bond acceptors (Lipinski definition) is 4. The van der Waals surface area contributed by atoms with Crippen LogP contribution in [0.4, 0.5) is 0 Å². The van der Waals surface area contributed by atoms with E-state index in [0.29, 0.717) is 24.5 Å². The van der Waals surface area contributed by atoms with E-state index < -0.39 is 11.6 Å². The van der Waals surface area contributed by atoms with E-state index in [0.717, 1.165) is 12.8 Å². The van der Waals surface area contributed by atoms with Crippen LogP contribution in [0.2, 0.25) is 0 Å². The number of methoxy groups -OCH3 is 1. The Morgan fingerprint density at radius 1 is 1.47 bits per heavy atom. The third-order valence-electron chi connectivity index (χ3n) is 3.55. The molecule has 4 heteroatoms. The molecular formula is C13H18O4. The van der Waals surface area contributed by atoms with Crippen molar-refractivity contribution in [1.29, 1.82) is 0 Å². The van der Waals surface area contributed by atoms with Gasteiger partial charge >= 0.3 is 5.97 Å². The van der Waals surface area contributed by atoms with Crippen molar-refractivity contribution in [2.24, 2.45) is 5.92 Å². The molecule has 0 saturated heterocycles. The lowest BCUT2D eigenvalue weighted by atomic mass is 9.78. The summed E-state index contributed by atoms with van der Waals surface area (Å²) in [6, 6.07) is 3.22. The number of esters is 1. The highest BCUT2D eigenvalue weighted by molar-refractivity contribution is 5.86. The van der Waals surface area contributed by atoms with Crippen molar-refractivity contribution in [2.75, 3.05) is 7.11 Å². The summed E-state index contributed by atoms with van der Waals surface area (Å²) in [4.78, 5) is 11.3.